The van der Waals surface area contributed by atoms with Crippen LogP contribution in [0.2, 0.25) is 0 Å². The van der Waals surface area contributed by atoms with E-state index in [-0.39, 0.29) is 5.78 Å². The maximum atomic E-state index is 11.8. The molecule has 94 valence electrons. The summed E-state index contributed by atoms with van der Waals surface area (Å²) in [5.74, 6) is 0.163. The fourth-order valence-electron chi connectivity index (χ4n) is 3.17. The SMILES string of the molecule is CC(=O)c1cccc2ccn(C3CCCCC3)c12. The molecule has 2 aromatic rings. The van der Waals surface area contributed by atoms with Crippen LogP contribution in [0.1, 0.15) is 55.4 Å². The number of nitrogens with zero attached hydrogens (tertiary/aromatic N) is 1. The molecule has 1 saturated carbocycles. The standard InChI is InChI=1S/C16H19NO/c1-12(18)15-9-5-6-13-10-11-17(16(13)15)14-7-3-2-4-8-14/h5-6,9-11,14H,2-4,7-8H2,1H3. The Kier molecular flexibility index (Phi) is 2.94. The molecule has 1 heterocycles. The van der Waals surface area contributed by atoms with Gasteiger partial charge in [0, 0.05) is 23.2 Å². The van der Waals surface area contributed by atoms with Gasteiger partial charge in [0.1, 0.15) is 0 Å². The fourth-order valence-corrected chi connectivity index (χ4v) is 3.17. The van der Waals surface area contributed by atoms with Gasteiger partial charge in [0.05, 0.1) is 5.52 Å². The summed E-state index contributed by atoms with van der Waals surface area (Å²) in [6.45, 7) is 1.66. The monoisotopic (exact) mass is 241 g/mol. The van der Waals surface area contributed by atoms with Gasteiger partial charge in [-0.2, -0.15) is 0 Å². The van der Waals surface area contributed by atoms with Crippen LogP contribution in [0.15, 0.2) is 30.5 Å². The van der Waals surface area contributed by atoms with E-state index in [1.807, 2.05) is 12.1 Å². The molecule has 2 nitrogen and oxygen atoms in total. The summed E-state index contributed by atoms with van der Waals surface area (Å²) < 4.78 is 2.34. The second kappa shape index (κ2) is 4.60. The highest BCUT2D eigenvalue weighted by Crippen LogP contribution is 2.32. The molecule has 1 aliphatic rings. The number of Topliss-reactive ketones (excluding diaryl/α,β-unsaturated/α-hetero) is 1. The lowest BCUT2D eigenvalue weighted by Crippen LogP contribution is -2.13. The average molecular weight is 241 g/mol. The third-order valence-electron chi connectivity index (χ3n) is 4.09. The Morgan fingerprint density at radius 3 is 2.67 bits per heavy atom. The summed E-state index contributed by atoms with van der Waals surface area (Å²) in [6.07, 6.45) is 8.63. The van der Waals surface area contributed by atoms with E-state index in [4.69, 9.17) is 0 Å². The van der Waals surface area contributed by atoms with Gasteiger partial charge in [-0.3, -0.25) is 4.79 Å². The zero-order valence-corrected chi connectivity index (χ0v) is 10.9. The molecule has 3 rings (SSSR count). The lowest BCUT2D eigenvalue weighted by Gasteiger charge is -2.24. The molecule has 0 saturated heterocycles. The zero-order chi connectivity index (χ0) is 12.5. The third kappa shape index (κ3) is 1.86. The predicted octanol–water partition coefficient (Wildman–Crippen LogP) is 4.35. The molecule has 2 heteroatoms. The number of hydrogen-bond acceptors (Lipinski definition) is 1. The van der Waals surface area contributed by atoms with Crippen LogP contribution in [0.25, 0.3) is 10.9 Å². The molecular formula is C16H19NO. The molecule has 1 aromatic heterocycles. The Hall–Kier alpha value is -1.57. The normalized spacial score (nSPS) is 17.2. The van der Waals surface area contributed by atoms with Crippen molar-refractivity contribution in [2.45, 2.75) is 45.1 Å². The van der Waals surface area contributed by atoms with Gasteiger partial charge >= 0.3 is 0 Å². The lowest BCUT2D eigenvalue weighted by molar-refractivity contribution is 0.101. The van der Waals surface area contributed by atoms with Gasteiger partial charge in [-0.05, 0) is 31.9 Å². The van der Waals surface area contributed by atoms with E-state index in [1.54, 1.807) is 6.92 Å². The van der Waals surface area contributed by atoms with Crippen LogP contribution in [0.5, 0.6) is 0 Å². The van der Waals surface area contributed by atoms with Crippen LogP contribution >= 0.6 is 0 Å². The van der Waals surface area contributed by atoms with Gasteiger partial charge in [-0.15, -0.1) is 0 Å². The van der Waals surface area contributed by atoms with Crippen LogP contribution in [-0.2, 0) is 0 Å². The molecule has 0 bridgehead atoms. The van der Waals surface area contributed by atoms with Crippen LogP contribution in [0, 0.1) is 0 Å². The highest BCUT2D eigenvalue weighted by atomic mass is 16.1. The molecule has 1 fully saturated rings. The fraction of sp³-hybridized carbons (Fsp3) is 0.438. The first kappa shape index (κ1) is 11.5. The van der Waals surface area contributed by atoms with Crippen molar-refractivity contribution in [3.8, 4) is 0 Å². The van der Waals surface area contributed by atoms with Crippen molar-refractivity contribution in [2.24, 2.45) is 0 Å². The number of ketones is 1. The summed E-state index contributed by atoms with van der Waals surface area (Å²) >= 11 is 0. The quantitative estimate of drug-likeness (QED) is 0.716. The molecule has 0 aliphatic heterocycles. The van der Waals surface area contributed by atoms with Crippen molar-refractivity contribution in [1.29, 1.82) is 0 Å². The van der Waals surface area contributed by atoms with E-state index in [1.165, 1.54) is 37.5 Å². The number of para-hydroxylation sites is 1. The molecule has 0 amide bonds. The highest BCUT2D eigenvalue weighted by Gasteiger charge is 2.18. The van der Waals surface area contributed by atoms with E-state index in [0.29, 0.717) is 6.04 Å². The number of benzene rings is 1. The van der Waals surface area contributed by atoms with Gasteiger partial charge in [-0.25, -0.2) is 0 Å². The minimum atomic E-state index is 0.163. The first-order valence-electron chi connectivity index (χ1n) is 6.88. The minimum Gasteiger partial charge on any atom is -0.344 e. The smallest absolute Gasteiger partial charge is 0.161 e. The molecule has 1 aliphatic carbocycles. The van der Waals surface area contributed by atoms with Crippen molar-refractivity contribution >= 4 is 16.7 Å². The number of fused-ring (bicyclic) bond motifs is 1. The van der Waals surface area contributed by atoms with Gasteiger partial charge in [-0.1, -0.05) is 31.4 Å². The lowest BCUT2D eigenvalue weighted by atomic mass is 9.95. The van der Waals surface area contributed by atoms with Gasteiger partial charge in [0.15, 0.2) is 5.78 Å². The van der Waals surface area contributed by atoms with Crippen molar-refractivity contribution in [3.05, 3.63) is 36.0 Å². The third-order valence-corrected chi connectivity index (χ3v) is 4.09. The second-order valence-electron chi connectivity index (χ2n) is 5.31. The maximum Gasteiger partial charge on any atom is 0.161 e. The van der Waals surface area contributed by atoms with Crippen LogP contribution in [-0.4, -0.2) is 10.4 Å². The van der Waals surface area contributed by atoms with Crippen LogP contribution < -0.4 is 0 Å². The molecule has 0 spiro atoms. The van der Waals surface area contributed by atoms with Gasteiger partial charge in [0.25, 0.3) is 0 Å². The van der Waals surface area contributed by atoms with E-state index in [9.17, 15) is 4.79 Å². The van der Waals surface area contributed by atoms with E-state index < -0.39 is 0 Å². The molecule has 0 N–H and O–H groups in total. The number of aromatic nitrogens is 1. The van der Waals surface area contributed by atoms with E-state index in [2.05, 4.69) is 22.9 Å². The Balaban J connectivity index is 2.14. The Bertz CT molecular complexity index is 576. The minimum absolute atomic E-state index is 0.163. The Morgan fingerprint density at radius 1 is 1.17 bits per heavy atom. The maximum absolute atomic E-state index is 11.8. The second-order valence-corrected chi connectivity index (χ2v) is 5.31. The molecule has 0 atom stereocenters. The first-order chi connectivity index (χ1) is 8.77. The van der Waals surface area contributed by atoms with Crippen molar-refractivity contribution in [2.75, 3.05) is 0 Å². The number of carbonyl (C=O) groups is 1. The van der Waals surface area contributed by atoms with E-state index >= 15 is 0 Å². The van der Waals surface area contributed by atoms with Crippen molar-refractivity contribution < 1.29 is 4.79 Å². The van der Waals surface area contributed by atoms with Crippen LogP contribution in [0.4, 0.5) is 0 Å². The zero-order valence-electron chi connectivity index (χ0n) is 10.9. The van der Waals surface area contributed by atoms with Crippen molar-refractivity contribution in [1.82, 2.24) is 4.57 Å². The highest BCUT2D eigenvalue weighted by molar-refractivity contribution is 6.06. The summed E-state index contributed by atoms with van der Waals surface area (Å²) in [5, 5.41) is 1.19. The Labute approximate surface area is 108 Å². The molecule has 0 radical (unpaired) electrons. The molecule has 18 heavy (non-hydrogen) atoms. The van der Waals surface area contributed by atoms with Gasteiger partial charge < -0.3 is 4.57 Å². The molecular weight excluding hydrogens is 222 g/mol. The largest absolute Gasteiger partial charge is 0.344 e. The van der Waals surface area contributed by atoms with Crippen molar-refractivity contribution in [3.63, 3.8) is 0 Å². The number of rotatable bonds is 2. The predicted molar refractivity (Wildman–Crippen MR) is 74.1 cm³/mol. The van der Waals surface area contributed by atoms with Crippen LogP contribution in [0.3, 0.4) is 0 Å². The summed E-state index contributed by atoms with van der Waals surface area (Å²) in [6, 6.07) is 8.74. The summed E-state index contributed by atoms with van der Waals surface area (Å²) in [5.41, 5.74) is 2.00. The number of carbonyl (C=O) groups excluding carboxylic acids is 1. The molecule has 1 aromatic carbocycles. The topological polar surface area (TPSA) is 22.0 Å². The first-order valence-corrected chi connectivity index (χ1v) is 6.88. The average Bonchev–Trinajstić information content (AvgIpc) is 2.83. The summed E-state index contributed by atoms with van der Waals surface area (Å²) in [4.78, 5) is 11.8. The summed E-state index contributed by atoms with van der Waals surface area (Å²) in [7, 11) is 0. The Morgan fingerprint density at radius 2 is 1.94 bits per heavy atom. The number of hydrogen-bond donors (Lipinski definition) is 0. The van der Waals surface area contributed by atoms with E-state index in [0.717, 1.165) is 11.1 Å². The van der Waals surface area contributed by atoms with Gasteiger partial charge in [0.2, 0.25) is 0 Å². The molecule has 0 unspecified atom stereocenters.